The van der Waals surface area contributed by atoms with Crippen LogP contribution >= 0.6 is 0 Å². The van der Waals surface area contributed by atoms with Gasteiger partial charge in [-0.1, -0.05) is 6.92 Å². The van der Waals surface area contributed by atoms with E-state index in [1.807, 2.05) is 4.90 Å². The molecular formula is C11H18N6O. The van der Waals surface area contributed by atoms with Crippen molar-refractivity contribution in [2.45, 2.75) is 19.8 Å². The van der Waals surface area contributed by atoms with Gasteiger partial charge in [0, 0.05) is 25.6 Å². The summed E-state index contributed by atoms with van der Waals surface area (Å²) in [6, 6.07) is 1.76. The fraction of sp³-hybridized carbons (Fsp3) is 0.545. The molecule has 1 aromatic heterocycles. The molecule has 2 heterocycles. The number of anilines is 2. The van der Waals surface area contributed by atoms with Crippen molar-refractivity contribution in [1.82, 2.24) is 15.3 Å². The van der Waals surface area contributed by atoms with Gasteiger partial charge in [0.25, 0.3) is 0 Å². The zero-order chi connectivity index (χ0) is 13.0. The van der Waals surface area contributed by atoms with Gasteiger partial charge < -0.3 is 15.6 Å². The molecule has 0 unspecified atom stereocenters. The number of hydrazine groups is 1. The van der Waals surface area contributed by atoms with E-state index in [4.69, 9.17) is 5.84 Å². The van der Waals surface area contributed by atoms with E-state index >= 15 is 0 Å². The Kier molecular flexibility index (Phi) is 3.93. The van der Waals surface area contributed by atoms with Crippen LogP contribution in [0, 0.1) is 0 Å². The SMILES string of the molecule is CCCc1nc(NN)cc(N2CCNC(=O)C2)n1. The maximum atomic E-state index is 11.4. The van der Waals surface area contributed by atoms with Crippen LogP contribution in [0.3, 0.4) is 0 Å². The van der Waals surface area contributed by atoms with Crippen molar-refractivity contribution in [2.24, 2.45) is 5.84 Å². The molecule has 1 fully saturated rings. The second kappa shape index (κ2) is 5.63. The number of aromatic nitrogens is 2. The highest BCUT2D eigenvalue weighted by molar-refractivity contribution is 5.82. The summed E-state index contributed by atoms with van der Waals surface area (Å²) in [5, 5.41) is 2.79. The third kappa shape index (κ3) is 2.86. The molecule has 18 heavy (non-hydrogen) atoms. The third-order valence-corrected chi connectivity index (χ3v) is 2.74. The standard InChI is InChI=1S/C11H18N6O/c1-2-3-8-14-9(16-12)6-10(15-8)17-5-4-13-11(18)7-17/h6H,2-5,7,12H2,1H3,(H,13,18)(H,14,15,16). The van der Waals surface area contributed by atoms with Crippen LogP contribution in [0.5, 0.6) is 0 Å². The fourth-order valence-corrected chi connectivity index (χ4v) is 1.89. The van der Waals surface area contributed by atoms with Crippen LogP contribution in [0.25, 0.3) is 0 Å². The first-order valence-corrected chi connectivity index (χ1v) is 6.09. The molecule has 1 saturated heterocycles. The Morgan fingerprint density at radius 1 is 1.56 bits per heavy atom. The number of nitrogen functional groups attached to an aromatic ring is 1. The van der Waals surface area contributed by atoms with Crippen molar-refractivity contribution in [1.29, 1.82) is 0 Å². The van der Waals surface area contributed by atoms with Gasteiger partial charge in [-0.2, -0.15) is 0 Å². The highest BCUT2D eigenvalue weighted by atomic mass is 16.2. The van der Waals surface area contributed by atoms with Gasteiger partial charge in [0.1, 0.15) is 17.5 Å². The molecule has 1 aliphatic heterocycles. The Bertz CT molecular complexity index is 436. The van der Waals surface area contributed by atoms with Gasteiger partial charge in [0.15, 0.2) is 0 Å². The molecule has 0 bridgehead atoms. The van der Waals surface area contributed by atoms with E-state index in [9.17, 15) is 4.79 Å². The number of aryl methyl sites for hydroxylation is 1. The molecule has 7 heteroatoms. The first kappa shape index (κ1) is 12.6. The Morgan fingerprint density at radius 2 is 2.39 bits per heavy atom. The molecule has 4 N–H and O–H groups in total. The molecule has 0 atom stereocenters. The molecule has 2 rings (SSSR count). The number of hydrogen-bond donors (Lipinski definition) is 3. The number of nitrogens with zero attached hydrogens (tertiary/aromatic N) is 3. The molecule has 7 nitrogen and oxygen atoms in total. The van der Waals surface area contributed by atoms with Crippen molar-refractivity contribution in [3.8, 4) is 0 Å². The maximum absolute atomic E-state index is 11.4. The van der Waals surface area contributed by atoms with Crippen molar-refractivity contribution in [3.05, 3.63) is 11.9 Å². The zero-order valence-electron chi connectivity index (χ0n) is 10.4. The quantitative estimate of drug-likeness (QED) is 0.499. The number of carbonyl (C=O) groups excluding carboxylic acids is 1. The average Bonchev–Trinajstić information content (AvgIpc) is 2.39. The number of rotatable bonds is 4. The number of hydrogen-bond acceptors (Lipinski definition) is 6. The molecule has 0 radical (unpaired) electrons. The van der Waals surface area contributed by atoms with Crippen molar-refractivity contribution in [3.63, 3.8) is 0 Å². The molecule has 1 aliphatic rings. The topological polar surface area (TPSA) is 96.2 Å². The number of carbonyl (C=O) groups is 1. The summed E-state index contributed by atoms with van der Waals surface area (Å²) >= 11 is 0. The highest BCUT2D eigenvalue weighted by Gasteiger charge is 2.18. The zero-order valence-corrected chi connectivity index (χ0v) is 10.4. The molecule has 0 aromatic carbocycles. The molecule has 0 aliphatic carbocycles. The van der Waals surface area contributed by atoms with Gasteiger partial charge in [-0.15, -0.1) is 0 Å². The Hall–Kier alpha value is -1.89. The van der Waals surface area contributed by atoms with Crippen molar-refractivity contribution >= 4 is 17.5 Å². The van der Waals surface area contributed by atoms with E-state index in [0.717, 1.165) is 31.0 Å². The number of piperazine rings is 1. The summed E-state index contributed by atoms with van der Waals surface area (Å²) in [4.78, 5) is 22.1. The summed E-state index contributed by atoms with van der Waals surface area (Å²) in [5.41, 5.74) is 2.54. The van der Waals surface area contributed by atoms with Crippen LogP contribution in [0.15, 0.2) is 6.07 Å². The lowest BCUT2D eigenvalue weighted by Crippen LogP contribution is -2.48. The Labute approximate surface area is 106 Å². The van der Waals surface area contributed by atoms with Gasteiger partial charge in [-0.3, -0.25) is 4.79 Å². The van der Waals surface area contributed by atoms with E-state index in [1.54, 1.807) is 6.07 Å². The van der Waals surface area contributed by atoms with Crippen molar-refractivity contribution < 1.29 is 4.79 Å². The predicted molar refractivity (Wildman–Crippen MR) is 69.1 cm³/mol. The summed E-state index contributed by atoms with van der Waals surface area (Å²) in [6.45, 7) is 3.78. The highest BCUT2D eigenvalue weighted by Crippen LogP contribution is 2.16. The van der Waals surface area contributed by atoms with Gasteiger partial charge in [-0.25, -0.2) is 15.8 Å². The van der Waals surface area contributed by atoms with Crippen LogP contribution in [0.1, 0.15) is 19.2 Å². The Morgan fingerprint density at radius 3 is 3.06 bits per heavy atom. The van der Waals surface area contributed by atoms with E-state index in [-0.39, 0.29) is 5.91 Å². The first-order chi connectivity index (χ1) is 8.72. The van der Waals surface area contributed by atoms with E-state index < -0.39 is 0 Å². The smallest absolute Gasteiger partial charge is 0.239 e. The second-order valence-electron chi connectivity index (χ2n) is 4.19. The Balaban J connectivity index is 2.24. The monoisotopic (exact) mass is 250 g/mol. The average molecular weight is 250 g/mol. The molecule has 0 saturated carbocycles. The maximum Gasteiger partial charge on any atom is 0.239 e. The lowest BCUT2D eigenvalue weighted by Gasteiger charge is -2.28. The fourth-order valence-electron chi connectivity index (χ4n) is 1.89. The normalized spacial score (nSPS) is 15.4. The predicted octanol–water partition coefficient (Wildman–Crippen LogP) is -0.349. The largest absolute Gasteiger partial charge is 0.353 e. The van der Waals surface area contributed by atoms with Gasteiger partial charge in [-0.05, 0) is 6.42 Å². The number of nitrogens with one attached hydrogen (secondary N) is 2. The van der Waals surface area contributed by atoms with Gasteiger partial charge in [0.2, 0.25) is 5.91 Å². The molecule has 0 spiro atoms. The lowest BCUT2D eigenvalue weighted by molar-refractivity contribution is -0.120. The van der Waals surface area contributed by atoms with Crippen LogP contribution in [-0.4, -0.2) is 35.5 Å². The van der Waals surface area contributed by atoms with Crippen molar-refractivity contribution in [2.75, 3.05) is 30.0 Å². The van der Waals surface area contributed by atoms with Crippen LogP contribution in [0.4, 0.5) is 11.6 Å². The van der Waals surface area contributed by atoms with E-state index in [0.29, 0.717) is 18.9 Å². The number of amides is 1. The number of nitrogens with two attached hydrogens (primary N) is 1. The third-order valence-electron chi connectivity index (χ3n) is 2.74. The summed E-state index contributed by atoms with van der Waals surface area (Å²) in [7, 11) is 0. The minimum atomic E-state index is 0.0131. The summed E-state index contributed by atoms with van der Waals surface area (Å²) < 4.78 is 0. The van der Waals surface area contributed by atoms with Gasteiger partial charge >= 0.3 is 0 Å². The molecule has 1 amide bonds. The van der Waals surface area contributed by atoms with Crippen LogP contribution < -0.4 is 21.5 Å². The minimum absolute atomic E-state index is 0.0131. The molecule has 1 aromatic rings. The van der Waals surface area contributed by atoms with Crippen LogP contribution in [0.2, 0.25) is 0 Å². The second-order valence-corrected chi connectivity index (χ2v) is 4.19. The summed E-state index contributed by atoms with van der Waals surface area (Å²) in [6.07, 6.45) is 1.76. The summed E-state index contributed by atoms with van der Waals surface area (Å²) in [5.74, 6) is 7.48. The van der Waals surface area contributed by atoms with Crippen LogP contribution in [-0.2, 0) is 11.2 Å². The lowest BCUT2D eigenvalue weighted by atomic mass is 10.3. The van der Waals surface area contributed by atoms with Gasteiger partial charge in [0.05, 0.1) is 6.54 Å². The van der Waals surface area contributed by atoms with E-state index in [1.165, 1.54) is 0 Å². The molecular weight excluding hydrogens is 232 g/mol. The first-order valence-electron chi connectivity index (χ1n) is 6.09. The minimum Gasteiger partial charge on any atom is -0.353 e. The molecule has 98 valence electrons. The van der Waals surface area contributed by atoms with E-state index in [2.05, 4.69) is 27.6 Å².